The number of methoxy groups -OCH3 is 2. The third-order valence-electron chi connectivity index (χ3n) is 2.66. The first-order valence-corrected chi connectivity index (χ1v) is 6.37. The second kappa shape index (κ2) is 6.82. The monoisotopic (exact) mass is 290 g/mol. The van der Waals surface area contributed by atoms with Crippen molar-refractivity contribution in [3.63, 3.8) is 0 Å². The molecule has 2 aromatic carbocycles. The van der Waals surface area contributed by atoms with Gasteiger partial charge < -0.3 is 9.47 Å². The van der Waals surface area contributed by atoms with Crippen LogP contribution in [-0.4, -0.2) is 20.4 Å². The van der Waals surface area contributed by atoms with E-state index < -0.39 is 0 Å². The molecule has 0 aromatic heterocycles. The van der Waals surface area contributed by atoms with Crippen LogP contribution in [0, 0.1) is 0 Å². The Balaban J connectivity index is 2.11. The number of anilines is 1. The Morgan fingerprint density at radius 3 is 2.65 bits per heavy atom. The first-order valence-electron chi connectivity index (χ1n) is 5.99. The lowest BCUT2D eigenvalue weighted by Gasteiger charge is -2.07. The molecule has 2 rings (SSSR count). The minimum atomic E-state index is 0.659. The number of hydrogen-bond acceptors (Lipinski definition) is 4. The Morgan fingerprint density at radius 1 is 1.10 bits per heavy atom. The van der Waals surface area contributed by atoms with E-state index in [0.717, 1.165) is 17.0 Å². The van der Waals surface area contributed by atoms with E-state index in [1.165, 1.54) is 0 Å². The van der Waals surface area contributed by atoms with Crippen LogP contribution in [-0.2, 0) is 0 Å². The molecule has 0 radical (unpaired) electrons. The third-order valence-corrected chi connectivity index (χ3v) is 2.90. The summed E-state index contributed by atoms with van der Waals surface area (Å²) in [5, 5.41) is 4.82. The van der Waals surface area contributed by atoms with Crippen LogP contribution in [0.15, 0.2) is 47.6 Å². The molecule has 0 saturated carbocycles. The van der Waals surface area contributed by atoms with Gasteiger partial charge in [0.25, 0.3) is 0 Å². The zero-order valence-corrected chi connectivity index (χ0v) is 12.0. The summed E-state index contributed by atoms with van der Waals surface area (Å²) in [6.45, 7) is 0. The number of halogens is 1. The van der Waals surface area contributed by atoms with Crippen molar-refractivity contribution in [3.8, 4) is 11.5 Å². The maximum atomic E-state index is 5.90. The maximum Gasteiger partial charge on any atom is 0.131 e. The quantitative estimate of drug-likeness (QED) is 0.673. The van der Waals surface area contributed by atoms with Crippen molar-refractivity contribution in [2.45, 2.75) is 0 Å². The fourth-order valence-corrected chi connectivity index (χ4v) is 1.85. The topological polar surface area (TPSA) is 42.8 Å². The van der Waals surface area contributed by atoms with E-state index in [-0.39, 0.29) is 0 Å². The molecule has 0 fully saturated rings. The van der Waals surface area contributed by atoms with Crippen LogP contribution < -0.4 is 14.9 Å². The molecule has 0 aliphatic rings. The van der Waals surface area contributed by atoms with Gasteiger partial charge in [0.05, 0.1) is 26.1 Å². The first-order chi connectivity index (χ1) is 9.72. The number of ether oxygens (including phenoxy) is 2. The van der Waals surface area contributed by atoms with Gasteiger partial charge in [-0.15, -0.1) is 0 Å². The summed E-state index contributed by atoms with van der Waals surface area (Å²) in [6, 6.07) is 12.9. The summed E-state index contributed by atoms with van der Waals surface area (Å²) in [4.78, 5) is 0. The molecule has 5 heteroatoms. The fourth-order valence-electron chi connectivity index (χ4n) is 1.66. The number of benzene rings is 2. The predicted octanol–water partition coefficient (Wildman–Crippen LogP) is 3.80. The zero-order chi connectivity index (χ0) is 14.4. The average Bonchev–Trinajstić information content (AvgIpc) is 2.47. The van der Waals surface area contributed by atoms with Gasteiger partial charge in [-0.25, -0.2) is 0 Å². The molecule has 0 saturated heterocycles. The van der Waals surface area contributed by atoms with Crippen molar-refractivity contribution in [2.24, 2.45) is 5.10 Å². The molecule has 0 aliphatic carbocycles. The minimum absolute atomic E-state index is 0.659. The highest BCUT2D eigenvalue weighted by Gasteiger charge is 2.02. The van der Waals surface area contributed by atoms with Gasteiger partial charge in [0.1, 0.15) is 11.5 Å². The molecular weight excluding hydrogens is 276 g/mol. The summed E-state index contributed by atoms with van der Waals surface area (Å²) >= 11 is 5.90. The van der Waals surface area contributed by atoms with Crippen molar-refractivity contribution in [1.29, 1.82) is 0 Å². The van der Waals surface area contributed by atoms with Crippen LogP contribution in [0.2, 0.25) is 5.02 Å². The van der Waals surface area contributed by atoms with E-state index in [1.54, 1.807) is 32.6 Å². The van der Waals surface area contributed by atoms with Crippen molar-refractivity contribution in [2.75, 3.05) is 19.6 Å². The maximum absolute atomic E-state index is 5.90. The van der Waals surface area contributed by atoms with Gasteiger partial charge in [0, 0.05) is 16.7 Å². The zero-order valence-electron chi connectivity index (χ0n) is 11.3. The summed E-state index contributed by atoms with van der Waals surface area (Å²) in [5.74, 6) is 1.43. The molecule has 0 heterocycles. The lowest BCUT2D eigenvalue weighted by atomic mass is 10.2. The molecule has 104 valence electrons. The Labute approximate surface area is 123 Å². The number of hydrazone groups is 1. The number of hydrogen-bond donors (Lipinski definition) is 1. The number of nitrogens with zero attached hydrogens (tertiary/aromatic N) is 1. The molecule has 0 unspecified atom stereocenters. The van der Waals surface area contributed by atoms with Crippen molar-refractivity contribution in [1.82, 2.24) is 0 Å². The summed E-state index contributed by atoms with van der Waals surface area (Å²) in [6.07, 6.45) is 1.68. The molecule has 2 aromatic rings. The van der Waals surface area contributed by atoms with Crippen LogP contribution in [0.5, 0.6) is 11.5 Å². The summed E-state index contributed by atoms with van der Waals surface area (Å²) < 4.78 is 10.4. The van der Waals surface area contributed by atoms with Gasteiger partial charge in [-0.05, 0) is 30.3 Å². The summed E-state index contributed by atoms with van der Waals surface area (Å²) in [5.41, 5.74) is 4.58. The van der Waals surface area contributed by atoms with Gasteiger partial charge in [-0.2, -0.15) is 5.10 Å². The Hall–Kier alpha value is -2.20. The van der Waals surface area contributed by atoms with E-state index in [4.69, 9.17) is 21.1 Å². The fraction of sp³-hybridized carbons (Fsp3) is 0.133. The molecule has 0 aliphatic heterocycles. The molecule has 0 bridgehead atoms. The average molecular weight is 291 g/mol. The van der Waals surface area contributed by atoms with Gasteiger partial charge in [-0.1, -0.05) is 17.7 Å². The van der Waals surface area contributed by atoms with Crippen molar-refractivity contribution in [3.05, 3.63) is 53.1 Å². The Kier molecular flexibility index (Phi) is 4.85. The molecule has 0 amide bonds. The van der Waals surface area contributed by atoms with Gasteiger partial charge >= 0.3 is 0 Å². The van der Waals surface area contributed by atoms with E-state index in [1.807, 2.05) is 30.3 Å². The molecule has 0 atom stereocenters. The third kappa shape index (κ3) is 3.65. The SMILES string of the molecule is COc1ccc(C=NNc2cccc(Cl)c2)c(OC)c1. The first kappa shape index (κ1) is 14.2. The standard InChI is InChI=1S/C15H15ClN2O2/c1-19-14-7-6-11(15(9-14)20-2)10-17-18-13-5-3-4-12(16)8-13/h3-10,18H,1-2H3. The molecular formula is C15H15ClN2O2. The Bertz CT molecular complexity index is 615. The number of rotatable bonds is 5. The van der Waals surface area contributed by atoms with Crippen LogP contribution >= 0.6 is 11.6 Å². The van der Waals surface area contributed by atoms with Gasteiger partial charge in [0.2, 0.25) is 0 Å². The minimum Gasteiger partial charge on any atom is -0.497 e. The normalized spacial score (nSPS) is 10.6. The van der Waals surface area contributed by atoms with E-state index in [9.17, 15) is 0 Å². The van der Waals surface area contributed by atoms with E-state index >= 15 is 0 Å². The van der Waals surface area contributed by atoms with Crippen LogP contribution in [0.25, 0.3) is 0 Å². The predicted molar refractivity (Wildman–Crippen MR) is 82.2 cm³/mol. The smallest absolute Gasteiger partial charge is 0.131 e. The van der Waals surface area contributed by atoms with E-state index in [2.05, 4.69) is 10.5 Å². The summed E-state index contributed by atoms with van der Waals surface area (Å²) in [7, 11) is 3.22. The second-order valence-corrected chi connectivity index (χ2v) is 4.42. The molecule has 0 spiro atoms. The highest BCUT2D eigenvalue weighted by Crippen LogP contribution is 2.23. The molecule has 20 heavy (non-hydrogen) atoms. The lowest BCUT2D eigenvalue weighted by molar-refractivity contribution is 0.394. The molecule has 4 nitrogen and oxygen atoms in total. The largest absolute Gasteiger partial charge is 0.497 e. The van der Waals surface area contributed by atoms with Crippen LogP contribution in [0.1, 0.15) is 5.56 Å². The van der Waals surface area contributed by atoms with Crippen molar-refractivity contribution < 1.29 is 9.47 Å². The number of nitrogens with one attached hydrogen (secondary N) is 1. The Morgan fingerprint density at radius 2 is 1.95 bits per heavy atom. The second-order valence-electron chi connectivity index (χ2n) is 3.99. The van der Waals surface area contributed by atoms with Crippen LogP contribution in [0.4, 0.5) is 5.69 Å². The lowest BCUT2D eigenvalue weighted by Crippen LogP contribution is -1.95. The van der Waals surface area contributed by atoms with E-state index in [0.29, 0.717) is 10.8 Å². The highest BCUT2D eigenvalue weighted by molar-refractivity contribution is 6.30. The van der Waals surface area contributed by atoms with Crippen LogP contribution in [0.3, 0.4) is 0 Å². The van der Waals surface area contributed by atoms with Crippen molar-refractivity contribution >= 4 is 23.5 Å². The van der Waals surface area contributed by atoms with Gasteiger partial charge in [-0.3, -0.25) is 5.43 Å². The molecule has 1 N–H and O–H groups in total. The van der Waals surface area contributed by atoms with Gasteiger partial charge in [0.15, 0.2) is 0 Å². The highest BCUT2D eigenvalue weighted by atomic mass is 35.5.